The average molecular weight is 332 g/mol. The Labute approximate surface area is 135 Å². The number of ether oxygens (including phenoxy) is 2. The van der Waals surface area contributed by atoms with Gasteiger partial charge in [0.2, 0.25) is 0 Å². The second kappa shape index (κ2) is 5.91. The minimum absolute atomic E-state index is 0.0860. The predicted octanol–water partition coefficient (Wildman–Crippen LogP) is -1.01. The molecule has 1 saturated heterocycles. The van der Waals surface area contributed by atoms with Gasteiger partial charge in [0.05, 0.1) is 12.7 Å². The standard InChI is InChI=1S/C16H28O7/c1-15-4-3-8(16(15,2)7-18)5-10(15)23-14-13(21)12(20)11(19)9(6-17)22-14/h8-14,17-21H,3-7H2,1-2H3/t8-,9-,10-,11-,12+,13-,14+,15+,16+/m1/s1. The van der Waals surface area contributed by atoms with Crippen LogP contribution in [-0.4, -0.2) is 75.6 Å². The van der Waals surface area contributed by atoms with E-state index in [0.29, 0.717) is 5.92 Å². The van der Waals surface area contributed by atoms with E-state index >= 15 is 0 Å². The zero-order chi connectivity index (χ0) is 17.0. The number of aliphatic hydroxyl groups is 5. The fourth-order valence-corrected chi connectivity index (χ4v) is 4.83. The van der Waals surface area contributed by atoms with Gasteiger partial charge < -0.3 is 35.0 Å². The van der Waals surface area contributed by atoms with E-state index in [0.717, 1.165) is 19.3 Å². The summed E-state index contributed by atoms with van der Waals surface area (Å²) < 4.78 is 11.4. The number of aliphatic hydroxyl groups excluding tert-OH is 5. The topological polar surface area (TPSA) is 120 Å². The minimum atomic E-state index is -1.43. The van der Waals surface area contributed by atoms with Crippen LogP contribution in [-0.2, 0) is 9.47 Å². The molecular formula is C16H28O7. The molecule has 3 aliphatic rings. The second-order valence-corrected chi connectivity index (χ2v) is 7.79. The second-order valence-electron chi connectivity index (χ2n) is 7.79. The normalized spacial score (nSPS) is 56.2. The minimum Gasteiger partial charge on any atom is -0.396 e. The lowest BCUT2D eigenvalue weighted by Crippen LogP contribution is -2.60. The summed E-state index contributed by atoms with van der Waals surface area (Å²) in [4.78, 5) is 0. The first-order valence-corrected chi connectivity index (χ1v) is 8.35. The summed E-state index contributed by atoms with van der Waals surface area (Å²) >= 11 is 0. The lowest BCUT2D eigenvalue weighted by Gasteiger charge is -2.45. The first-order valence-electron chi connectivity index (χ1n) is 8.35. The van der Waals surface area contributed by atoms with Gasteiger partial charge in [-0.2, -0.15) is 0 Å². The molecule has 0 amide bonds. The van der Waals surface area contributed by atoms with E-state index in [9.17, 15) is 25.5 Å². The Hall–Kier alpha value is -0.280. The molecule has 0 aromatic carbocycles. The Morgan fingerprint density at radius 1 is 1.09 bits per heavy atom. The Bertz CT molecular complexity index is 444. The van der Waals surface area contributed by atoms with Crippen molar-refractivity contribution >= 4 is 0 Å². The van der Waals surface area contributed by atoms with Crippen LogP contribution >= 0.6 is 0 Å². The van der Waals surface area contributed by atoms with Crippen LogP contribution in [0.1, 0.15) is 33.1 Å². The molecule has 2 bridgehead atoms. The third-order valence-electron chi connectivity index (χ3n) is 6.90. The van der Waals surface area contributed by atoms with Crippen molar-refractivity contribution in [2.45, 2.75) is 69.9 Å². The van der Waals surface area contributed by atoms with Crippen molar-refractivity contribution in [1.29, 1.82) is 0 Å². The maximum Gasteiger partial charge on any atom is 0.186 e. The van der Waals surface area contributed by atoms with Crippen LogP contribution in [0.2, 0.25) is 0 Å². The van der Waals surface area contributed by atoms with Crippen molar-refractivity contribution in [2.24, 2.45) is 16.7 Å². The van der Waals surface area contributed by atoms with Gasteiger partial charge in [0.15, 0.2) is 6.29 Å². The third-order valence-corrected chi connectivity index (χ3v) is 6.90. The third kappa shape index (κ3) is 2.37. The maximum atomic E-state index is 10.1. The molecule has 0 aromatic rings. The molecule has 0 unspecified atom stereocenters. The summed E-state index contributed by atoms with van der Waals surface area (Å²) in [6.45, 7) is 3.78. The molecule has 9 atom stereocenters. The molecule has 134 valence electrons. The molecule has 0 radical (unpaired) electrons. The fraction of sp³-hybridized carbons (Fsp3) is 1.00. The van der Waals surface area contributed by atoms with E-state index in [4.69, 9.17) is 9.47 Å². The quantitative estimate of drug-likeness (QED) is 0.447. The summed E-state index contributed by atoms with van der Waals surface area (Å²) in [7, 11) is 0. The van der Waals surface area contributed by atoms with E-state index in [1.165, 1.54) is 0 Å². The van der Waals surface area contributed by atoms with Crippen molar-refractivity contribution in [3.05, 3.63) is 0 Å². The highest BCUT2D eigenvalue weighted by molar-refractivity contribution is 5.13. The number of hydrogen-bond donors (Lipinski definition) is 5. The van der Waals surface area contributed by atoms with Gasteiger partial charge in [-0.1, -0.05) is 13.8 Å². The van der Waals surface area contributed by atoms with Crippen molar-refractivity contribution < 1.29 is 35.0 Å². The van der Waals surface area contributed by atoms with E-state index in [-0.39, 0.29) is 23.5 Å². The summed E-state index contributed by atoms with van der Waals surface area (Å²) in [5, 5.41) is 49.0. The van der Waals surface area contributed by atoms with Crippen LogP contribution < -0.4 is 0 Å². The van der Waals surface area contributed by atoms with Gasteiger partial charge in [-0.3, -0.25) is 0 Å². The Morgan fingerprint density at radius 3 is 2.35 bits per heavy atom. The van der Waals surface area contributed by atoms with Gasteiger partial charge in [0.1, 0.15) is 24.4 Å². The molecule has 3 rings (SSSR count). The lowest BCUT2D eigenvalue weighted by molar-refractivity contribution is -0.319. The Kier molecular flexibility index (Phi) is 4.51. The van der Waals surface area contributed by atoms with Gasteiger partial charge >= 0.3 is 0 Å². The first kappa shape index (κ1) is 17.5. The van der Waals surface area contributed by atoms with Crippen LogP contribution in [0.25, 0.3) is 0 Å². The summed E-state index contributed by atoms with van der Waals surface area (Å²) in [5.74, 6) is 0.354. The zero-order valence-electron chi connectivity index (χ0n) is 13.6. The molecule has 0 aromatic heterocycles. The summed E-state index contributed by atoms with van der Waals surface area (Å²) in [6, 6.07) is 0. The Morgan fingerprint density at radius 2 is 1.78 bits per heavy atom. The zero-order valence-corrected chi connectivity index (χ0v) is 13.6. The van der Waals surface area contributed by atoms with E-state index in [2.05, 4.69) is 13.8 Å². The number of rotatable bonds is 4. The fourth-order valence-electron chi connectivity index (χ4n) is 4.83. The van der Waals surface area contributed by atoms with Gasteiger partial charge in [-0.05, 0) is 25.2 Å². The average Bonchev–Trinajstić information content (AvgIpc) is 2.91. The molecule has 1 aliphatic heterocycles. The van der Waals surface area contributed by atoms with Crippen LogP contribution in [0.15, 0.2) is 0 Å². The molecule has 5 N–H and O–H groups in total. The number of hydrogen-bond acceptors (Lipinski definition) is 7. The Balaban J connectivity index is 1.75. The SMILES string of the molecule is C[C@]1(CO)[C@@H]2CC[C@@]1(C)[C@H](O[C@@H]1O[C@H](CO)[C@@H](O)[C@H](O)[C@H]1O)C2. The molecular weight excluding hydrogens is 304 g/mol. The molecule has 2 aliphatic carbocycles. The molecule has 2 saturated carbocycles. The first-order chi connectivity index (χ1) is 10.8. The van der Waals surface area contributed by atoms with E-state index in [1.54, 1.807) is 0 Å². The summed E-state index contributed by atoms with van der Waals surface area (Å²) in [5.41, 5.74) is -0.461. The van der Waals surface area contributed by atoms with Crippen molar-refractivity contribution in [3.8, 4) is 0 Å². The molecule has 23 heavy (non-hydrogen) atoms. The monoisotopic (exact) mass is 332 g/mol. The lowest BCUT2D eigenvalue weighted by atomic mass is 9.69. The summed E-state index contributed by atoms with van der Waals surface area (Å²) in [6.07, 6.45) is -3.73. The van der Waals surface area contributed by atoms with Crippen LogP contribution in [0.3, 0.4) is 0 Å². The number of fused-ring (bicyclic) bond motifs is 2. The van der Waals surface area contributed by atoms with Gasteiger partial charge in [0, 0.05) is 17.4 Å². The molecule has 7 nitrogen and oxygen atoms in total. The highest BCUT2D eigenvalue weighted by atomic mass is 16.7. The van der Waals surface area contributed by atoms with Crippen LogP contribution in [0, 0.1) is 16.7 Å². The largest absolute Gasteiger partial charge is 0.396 e. The van der Waals surface area contributed by atoms with Crippen LogP contribution in [0.4, 0.5) is 0 Å². The van der Waals surface area contributed by atoms with Crippen molar-refractivity contribution in [3.63, 3.8) is 0 Å². The smallest absolute Gasteiger partial charge is 0.186 e. The molecule has 1 heterocycles. The van der Waals surface area contributed by atoms with Crippen molar-refractivity contribution in [1.82, 2.24) is 0 Å². The highest BCUT2D eigenvalue weighted by Gasteiger charge is 2.65. The van der Waals surface area contributed by atoms with E-state index in [1.807, 2.05) is 0 Å². The molecule has 0 spiro atoms. The van der Waals surface area contributed by atoms with E-state index < -0.39 is 37.3 Å². The molecule has 3 fully saturated rings. The maximum absolute atomic E-state index is 10.1. The van der Waals surface area contributed by atoms with Crippen LogP contribution in [0.5, 0.6) is 0 Å². The van der Waals surface area contributed by atoms with Gasteiger partial charge in [-0.25, -0.2) is 0 Å². The highest BCUT2D eigenvalue weighted by Crippen LogP contribution is 2.66. The van der Waals surface area contributed by atoms with Gasteiger partial charge in [0.25, 0.3) is 0 Å². The predicted molar refractivity (Wildman–Crippen MR) is 79.3 cm³/mol. The van der Waals surface area contributed by atoms with Crippen molar-refractivity contribution in [2.75, 3.05) is 13.2 Å². The van der Waals surface area contributed by atoms with Gasteiger partial charge in [-0.15, -0.1) is 0 Å². The molecule has 7 heteroatoms.